The van der Waals surface area contributed by atoms with Crippen LogP contribution < -0.4 is 4.74 Å². The molecule has 1 amide bonds. The zero-order valence-corrected chi connectivity index (χ0v) is 19.0. The average Bonchev–Trinajstić information content (AvgIpc) is 2.70. The van der Waals surface area contributed by atoms with Gasteiger partial charge >= 0.3 is 11.2 Å². The summed E-state index contributed by atoms with van der Waals surface area (Å²) in [4.78, 5) is 24.8. The van der Waals surface area contributed by atoms with Crippen molar-refractivity contribution in [1.29, 1.82) is 0 Å². The Hall–Kier alpha value is -2.84. The van der Waals surface area contributed by atoms with Crippen molar-refractivity contribution in [3.63, 3.8) is 0 Å². The van der Waals surface area contributed by atoms with Crippen LogP contribution in [0.1, 0.15) is 31.9 Å². The van der Waals surface area contributed by atoms with E-state index in [-0.39, 0.29) is 17.8 Å². The summed E-state index contributed by atoms with van der Waals surface area (Å²) in [5, 5.41) is 17.5. The van der Waals surface area contributed by atoms with E-state index in [4.69, 9.17) is 16.3 Å². The summed E-state index contributed by atoms with van der Waals surface area (Å²) in [6.07, 6.45) is 0. The highest BCUT2D eigenvalue weighted by Crippen LogP contribution is 2.30. The summed E-state index contributed by atoms with van der Waals surface area (Å²) < 4.78 is 6.11. The Labute approximate surface area is 189 Å². The molecule has 0 spiro atoms. The SMILES string of the molecule is C=[N+]([O-])c1cccc(CN2N=C(c3cc(Cl)ccc3OC(=O)C(C)(C)C)CSC2=O)c1. The highest BCUT2D eigenvalue weighted by Gasteiger charge is 2.28. The second-order valence-electron chi connectivity index (χ2n) is 7.99. The van der Waals surface area contributed by atoms with Gasteiger partial charge in [-0.25, -0.2) is 5.01 Å². The van der Waals surface area contributed by atoms with Crippen molar-refractivity contribution in [2.45, 2.75) is 27.3 Å². The Morgan fingerprint density at radius 1 is 1.32 bits per heavy atom. The first-order valence-electron chi connectivity index (χ1n) is 9.45. The van der Waals surface area contributed by atoms with Crippen LogP contribution in [0.15, 0.2) is 47.6 Å². The van der Waals surface area contributed by atoms with Gasteiger partial charge in [0.05, 0.1) is 17.7 Å². The van der Waals surface area contributed by atoms with Crippen molar-refractivity contribution in [1.82, 2.24) is 5.01 Å². The molecular formula is C22H22ClN3O4S. The van der Waals surface area contributed by atoms with Gasteiger partial charge in [-0.1, -0.05) is 35.5 Å². The molecule has 0 bridgehead atoms. The topological polar surface area (TPSA) is 85.0 Å². The minimum atomic E-state index is -0.684. The predicted molar refractivity (Wildman–Crippen MR) is 123 cm³/mol. The molecular weight excluding hydrogens is 438 g/mol. The van der Waals surface area contributed by atoms with Gasteiger partial charge in [0.2, 0.25) is 5.69 Å². The Morgan fingerprint density at radius 2 is 2.06 bits per heavy atom. The maximum atomic E-state index is 12.4. The molecule has 0 unspecified atom stereocenters. The van der Waals surface area contributed by atoms with Crippen LogP contribution in [0.3, 0.4) is 0 Å². The predicted octanol–water partition coefficient (Wildman–Crippen LogP) is 5.21. The third-order valence-electron chi connectivity index (χ3n) is 4.38. The van der Waals surface area contributed by atoms with Crippen LogP contribution in [-0.4, -0.2) is 39.1 Å². The summed E-state index contributed by atoms with van der Waals surface area (Å²) >= 11 is 7.27. The molecule has 0 radical (unpaired) electrons. The molecule has 0 N–H and O–H groups in total. The molecule has 0 fully saturated rings. The van der Waals surface area contributed by atoms with Gasteiger partial charge in [0.25, 0.3) is 0 Å². The third-order valence-corrected chi connectivity index (χ3v) is 5.49. The van der Waals surface area contributed by atoms with Gasteiger partial charge in [0.15, 0.2) is 0 Å². The number of thioether (sulfide) groups is 1. The molecule has 1 heterocycles. The summed E-state index contributed by atoms with van der Waals surface area (Å²) in [7, 11) is 0. The van der Waals surface area contributed by atoms with E-state index in [0.29, 0.717) is 38.2 Å². The number of hydrogen-bond acceptors (Lipinski definition) is 6. The first-order chi connectivity index (χ1) is 14.5. The molecule has 0 atom stereocenters. The number of carbonyl (C=O) groups excluding carboxylic acids is 2. The molecule has 1 aliphatic rings. The molecule has 162 valence electrons. The molecule has 3 rings (SSSR count). The number of ether oxygens (including phenoxy) is 1. The van der Waals surface area contributed by atoms with E-state index < -0.39 is 5.41 Å². The number of nitrogens with zero attached hydrogens (tertiary/aromatic N) is 3. The Balaban J connectivity index is 1.93. The van der Waals surface area contributed by atoms with Crippen molar-refractivity contribution >= 4 is 52.7 Å². The molecule has 31 heavy (non-hydrogen) atoms. The minimum absolute atomic E-state index is 0.175. The maximum Gasteiger partial charge on any atom is 0.316 e. The largest absolute Gasteiger partial charge is 0.619 e. The molecule has 2 aromatic carbocycles. The number of halogens is 1. The number of carbonyl (C=O) groups is 2. The summed E-state index contributed by atoms with van der Waals surface area (Å²) in [6, 6.07) is 11.7. The summed E-state index contributed by atoms with van der Waals surface area (Å²) in [6.45, 7) is 8.81. The van der Waals surface area contributed by atoms with Crippen LogP contribution in [0.25, 0.3) is 0 Å². The van der Waals surface area contributed by atoms with Gasteiger partial charge in [-0.05, 0) is 44.5 Å². The molecule has 0 saturated carbocycles. The number of amides is 1. The number of esters is 1. The average molecular weight is 460 g/mol. The number of hydrazone groups is 1. The second kappa shape index (κ2) is 9.11. The van der Waals surface area contributed by atoms with E-state index in [1.165, 1.54) is 5.01 Å². The molecule has 1 aliphatic heterocycles. The molecule has 7 nitrogen and oxygen atoms in total. The van der Waals surface area contributed by atoms with E-state index in [9.17, 15) is 14.8 Å². The summed E-state index contributed by atoms with van der Waals surface area (Å²) in [5.74, 6) is 0.252. The van der Waals surface area contributed by atoms with Gasteiger partial charge in [-0.3, -0.25) is 9.59 Å². The highest BCUT2D eigenvalue weighted by atomic mass is 35.5. The molecule has 0 aliphatic carbocycles. The van der Waals surface area contributed by atoms with Crippen LogP contribution in [0.4, 0.5) is 10.5 Å². The lowest BCUT2D eigenvalue weighted by Gasteiger charge is -2.24. The lowest BCUT2D eigenvalue weighted by Crippen LogP contribution is -2.30. The number of hydrogen-bond donors (Lipinski definition) is 0. The lowest BCUT2D eigenvalue weighted by atomic mass is 9.97. The van der Waals surface area contributed by atoms with E-state index in [1.807, 2.05) is 0 Å². The zero-order valence-electron chi connectivity index (χ0n) is 17.4. The number of benzene rings is 2. The quantitative estimate of drug-likeness (QED) is 0.153. The molecule has 2 aromatic rings. The van der Waals surface area contributed by atoms with E-state index in [0.717, 1.165) is 17.3 Å². The van der Waals surface area contributed by atoms with Gasteiger partial charge < -0.3 is 9.94 Å². The first-order valence-corrected chi connectivity index (χ1v) is 10.8. The fraction of sp³-hybridized carbons (Fsp3) is 0.273. The van der Waals surface area contributed by atoms with Gasteiger partial charge in [-0.15, -0.1) is 0 Å². The zero-order chi connectivity index (χ0) is 22.8. The molecule has 9 heteroatoms. The van der Waals surface area contributed by atoms with Crippen molar-refractivity contribution < 1.29 is 19.1 Å². The van der Waals surface area contributed by atoms with Gasteiger partial charge in [-0.2, -0.15) is 9.84 Å². The van der Waals surface area contributed by atoms with E-state index >= 15 is 0 Å². The molecule has 0 saturated heterocycles. The standard InChI is InChI=1S/C22H22ClN3O4S/c1-22(2,3)20(27)30-19-9-8-15(23)11-17(19)18-13-31-21(28)26(24-18)12-14-6-5-7-16(10-14)25(4)29/h5-11H,4,12-13H2,1-3H3. The second-order valence-corrected chi connectivity index (χ2v) is 9.35. The Kier molecular flexibility index (Phi) is 6.71. The lowest BCUT2D eigenvalue weighted by molar-refractivity contribution is -0.349. The normalized spacial score (nSPS) is 14.3. The number of rotatable bonds is 5. The minimum Gasteiger partial charge on any atom is -0.619 e. The smallest absolute Gasteiger partial charge is 0.316 e. The van der Waals surface area contributed by atoms with Crippen molar-refractivity contribution in [3.05, 3.63) is 63.8 Å². The maximum absolute atomic E-state index is 12.4. The van der Waals surface area contributed by atoms with Gasteiger partial charge in [0.1, 0.15) is 12.5 Å². The van der Waals surface area contributed by atoms with Gasteiger partial charge in [0, 0.05) is 28.5 Å². The van der Waals surface area contributed by atoms with Crippen LogP contribution >= 0.6 is 23.4 Å². The highest BCUT2D eigenvalue weighted by molar-refractivity contribution is 8.14. The first kappa shape index (κ1) is 22.8. The third kappa shape index (κ3) is 5.65. The van der Waals surface area contributed by atoms with Crippen LogP contribution in [0.5, 0.6) is 5.75 Å². The van der Waals surface area contributed by atoms with E-state index in [2.05, 4.69) is 11.8 Å². The fourth-order valence-corrected chi connectivity index (χ4v) is 3.60. The Morgan fingerprint density at radius 3 is 2.74 bits per heavy atom. The van der Waals surface area contributed by atoms with Crippen molar-refractivity contribution in [2.75, 3.05) is 5.75 Å². The Bertz CT molecular complexity index is 1080. The monoisotopic (exact) mass is 459 g/mol. The fourth-order valence-electron chi connectivity index (χ4n) is 2.70. The molecule has 0 aromatic heterocycles. The van der Waals surface area contributed by atoms with Crippen molar-refractivity contribution in [2.24, 2.45) is 10.5 Å². The van der Waals surface area contributed by atoms with E-state index in [1.54, 1.807) is 63.2 Å². The summed E-state index contributed by atoms with van der Waals surface area (Å²) in [5.41, 5.74) is 1.53. The van der Waals surface area contributed by atoms with Crippen LogP contribution in [0.2, 0.25) is 5.02 Å². The van der Waals surface area contributed by atoms with Crippen molar-refractivity contribution in [3.8, 4) is 5.75 Å². The van der Waals surface area contributed by atoms with Crippen LogP contribution in [-0.2, 0) is 11.3 Å². The van der Waals surface area contributed by atoms with Crippen LogP contribution in [0, 0.1) is 10.6 Å².